The van der Waals surface area contributed by atoms with Gasteiger partial charge in [-0.1, -0.05) is 50.1 Å². The molecule has 1 aliphatic carbocycles. The Hall–Kier alpha value is -3.39. The lowest BCUT2D eigenvalue weighted by Crippen LogP contribution is -2.31. The first-order valence-electron chi connectivity index (χ1n) is 16.3. The molecule has 0 fully saturated rings. The van der Waals surface area contributed by atoms with E-state index in [1.54, 1.807) is 54.1 Å². The molecule has 0 unspecified atom stereocenters. The third kappa shape index (κ3) is 2.44. The number of aryl methyl sites for hydroxylation is 4. The van der Waals surface area contributed by atoms with Gasteiger partial charge in [0, 0.05) is 44.3 Å². The van der Waals surface area contributed by atoms with Gasteiger partial charge in [-0.15, -0.1) is 0 Å². The first-order valence-corrected chi connectivity index (χ1v) is 10.3. The Morgan fingerprint density at radius 2 is 1.69 bits per heavy atom. The zero-order valence-electron chi connectivity index (χ0n) is 29.6. The summed E-state index contributed by atoms with van der Waals surface area (Å²) < 4.78 is 107. The second kappa shape index (κ2) is 6.32. The highest BCUT2D eigenvalue weighted by Gasteiger charge is 2.36. The Morgan fingerprint density at radius 3 is 2.50 bits per heavy atom. The molecular formula is C30H28NO+. The van der Waals surface area contributed by atoms with Gasteiger partial charge in [0.2, 0.25) is 5.69 Å². The minimum atomic E-state index is -2.92. The SMILES string of the molecule is [2H]C([2H])([2H])c1cc(-c2c(C)ccc3c2oc2cc4c(cc23)C(C([2H])([2H])[2H])(C([2H])([2H])[2H])c2ccccc2-4)[n+](C)cc1C([2H])([2H])[2H]. The molecule has 0 amide bonds. The van der Waals surface area contributed by atoms with E-state index in [1.807, 2.05) is 13.0 Å². The molecule has 0 radical (unpaired) electrons. The third-order valence-electron chi connectivity index (χ3n) is 6.54. The molecule has 158 valence electrons. The molecule has 0 atom stereocenters. The van der Waals surface area contributed by atoms with E-state index in [-0.39, 0.29) is 22.3 Å². The Morgan fingerprint density at radius 1 is 0.844 bits per heavy atom. The van der Waals surface area contributed by atoms with Crippen molar-refractivity contribution >= 4 is 21.9 Å². The molecule has 3 aromatic carbocycles. The number of benzene rings is 3. The summed E-state index contributed by atoms with van der Waals surface area (Å²) >= 11 is 0. The predicted octanol–water partition coefficient (Wildman–Crippen LogP) is 7.31. The molecule has 0 N–H and O–H groups in total. The first kappa shape index (κ1) is 10.5. The monoisotopic (exact) mass is 430 g/mol. The van der Waals surface area contributed by atoms with Crippen molar-refractivity contribution in [2.45, 2.75) is 39.7 Å². The van der Waals surface area contributed by atoms with Gasteiger partial charge in [-0.25, -0.2) is 4.57 Å². The molecule has 2 aromatic heterocycles. The molecule has 2 heterocycles. The van der Waals surface area contributed by atoms with Crippen molar-refractivity contribution in [1.29, 1.82) is 0 Å². The molecule has 0 saturated heterocycles. The van der Waals surface area contributed by atoms with Crippen LogP contribution in [-0.2, 0) is 12.5 Å². The first-order chi connectivity index (χ1) is 20.2. The van der Waals surface area contributed by atoms with E-state index in [1.165, 1.54) is 12.3 Å². The van der Waals surface area contributed by atoms with E-state index in [2.05, 4.69) is 0 Å². The Kier molecular flexibility index (Phi) is 2.07. The Labute approximate surface area is 206 Å². The van der Waals surface area contributed by atoms with Crippen molar-refractivity contribution in [3.63, 3.8) is 0 Å². The van der Waals surface area contributed by atoms with Crippen LogP contribution >= 0.6 is 0 Å². The zero-order chi connectivity index (χ0) is 32.4. The topological polar surface area (TPSA) is 17.0 Å². The number of fused-ring (bicyclic) bond motifs is 6. The van der Waals surface area contributed by atoms with Crippen LogP contribution < -0.4 is 4.57 Å². The van der Waals surface area contributed by atoms with Crippen LogP contribution in [0.5, 0.6) is 0 Å². The van der Waals surface area contributed by atoms with Crippen LogP contribution in [0.3, 0.4) is 0 Å². The van der Waals surface area contributed by atoms with Crippen molar-refractivity contribution in [1.82, 2.24) is 0 Å². The number of pyridine rings is 1. The van der Waals surface area contributed by atoms with Crippen LogP contribution in [0.15, 0.2) is 65.2 Å². The lowest BCUT2D eigenvalue weighted by Gasteiger charge is -2.21. The summed E-state index contributed by atoms with van der Waals surface area (Å²) in [4.78, 5) is 0. The fraction of sp³-hybridized carbons (Fsp3) is 0.233. The lowest BCUT2D eigenvalue weighted by atomic mass is 9.82. The Balaban J connectivity index is 1.71. The van der Waals surface area contributed by atoms with Crippen LogP contribution in [0.2, 0.25) is 0 Å². The summed E-state index contributed by atoms with van der Waals surface area (Å²) in [6, 6.07) is 14.9. The van der Waals surface area contributed by atoms with Gasteiger partial charge < -0.3 is 4.42 Å². The van der Waals surface area contributed by atoms with Crippen LogP contribution in [0.25, 0.3) is 44.3 Å². The maximum Gasteiger partial charge on any atom is 0.216 e. The lowest BCUT2D eigenvalue weighted by molar-refractivity contribution is -0.660. The highest BCUT2D eigenvalue weighted by atomic mass is 16.3. The predicted molar refractivity (Wildman–Crippen MR) is 132 cm³/mol. The fourth-order valence-corrected chi connectivity index (χ4v) is 4.92. The average molecular weight is 431 g/mol. The standard InChI is InChI=1S/C30H28NO/c1-17-11-12-21-23-14-25-22(20-9-7-8-10-24(20)30(25,4)5)15-27(23)32-29(21)28(17)26-13-18(2)19(3)16-31(26)6/h7-16H,1-6H3/q+1/i2D3,3D3,4D3,5D3. The van der Waals surface area contributed by atoms with Gasteiger partial charge in [0.05, 0.1) is 5.56 Å². The van der Waals surface area contributed by atoms with Crippen molar-refractivity contribution in [3.8, 4) is 22.4 Å². The van der Waals surface area contributed by atoms with Crippen molar-refractivity contribution in [2.75, 3.05) is 0 Å². The molecule has 2 heteroatoms. The zero-order valence-corrected chi connectivity index (χ0v) is 17.6. The number of aromatic nitrogens is 1. The quantitative estimate of drug-likeness (QED) is 0.255. The summed E-state index contributed by atoms with van der Waals surface area (Å²) in [5, 5.41) is 1.07. The van der Waals surface area contributed by atoms with Gasteiger partial charge in [-0.2, -0.15) is 0 Å². The van der Waals surface area contributed by atoms with E-state index < -0.39 is 32.8 Å². The smallest absolute Gasteiger partial charge is 0.216 e. The maximum atomic E-state index is 8.52. The van der Waals surface area contributed by atoms with Crippen LogP contribution in [0.1, 0.15) is 58.0 Å². The molecule has 6 rings (SSSR count). The van der Waals surface area contributed by atoms with E-state index >= 15 is 0 Å². The normalized spacial score (nSPS) is 21.3. The minimum absolute atomic E-state index is 0.160. The largest absolute Gasteiger partial charge is 0.455 e. The van der Waals surface area contributed by atoms with Crippen LogP contribution in [0, 0.1) is 20.6 Å². The molecule has 5 aromatic rings. The maximum absolute atomic E-state index is 8.52. The van der Waals surface area contributed by atoms with Gasteiger partial charge in [0.15, 0.2) is 6.20 Å². The number of furan rings is 1. The molecule has 2 nitrogen and oxygen atoms in total. The second-order valence-corrected chi connectivity index (χ2v) is 8.52. The summed E-state index contributed by atoms with van der Waals surface area (Å²) in [6.45, 7) is -9.38. The molecule has 0 aliphatic heterocycles. The molecule has 32 heavy (non-hydrogen) atoms. The highest BCUT2D eigenvalue weighted by Crippen LogP contribution is 2.51. The van der Waals surface area contributed by atoms with Gasteiger partial charge in [0.1, 0.15) is 18.2 Å². The van der Waals surface area contributed by atoms with Gasteiger partial charge in [-0.3, -0.25) is 0 Å². The van der Waals surface area contributed by atoms with E-state index in [9.17, 15) is 0 Å². The van der Waals surface area contributed by atoms with Crippen LogP contribution in [-0.4, -0.2) is 0 Å². The number of hydrogen-bond acceptors (Lipinski definition) is 1. The fourth-order valence-electron chi connectivity index (χ4n) is 4.92. The number of hydrogen-bond donors (Lipinski definition) is 0. The summed E-state index contributed by atoms with van der Waals surface area (Å²) in [7, 11) is 1.63. The molecule has 0 saturated carbocycles. The second-order valence-electron chi connectivity index (χ2n) is 8.52. The van der Waals surface area contributed by atoms with Crippen molar-refractivity contribution in [3.05, 3.63) is 88.6 Å². The van der Waals surface area contributed by atoms with Crippen LogP contribution in [0.4, 0.5) is 0 Å². The minimum Gasteiger partial charge on any atom is -0.455 e. The Bertz CT molecular complexity index is 1980. The summed E-state index contributed by atoms with van der Waals surface area (Å²) in [5.41, 5.74) is 0.904. The number of rotatable bonds is 1. The van der Waals surface area contributed by atoms with Crippen molar-refractivity contribution in [2.24, 2.45) is 7.05 Å². The van der Waals surface area contributed by atoms with Gasteiger partial charge >= 0.3 is 0 Å². The molecule has 0 spiro atoms. The van der Waals surface area contributed by atoms with Crippen molar-refractivity contribution < 1.29 is 25.4 Å². The average Bonchev–Trinajstić information content (AvgIpc) is 3.39. The molecule has 0 bridgehead atoms. The highest BCUT2D eigenvalue weighted by molar-refractivity contribution is 6.11. The van der Waals surface area contributed by atoms with E-state index in [4.69, 9.17) is 20.9 Å². The molecule has 1 aliphatic rings. The summed E-state index contributed by atoms with van der Waals surface area (Å²) in [6.07, 6.45) is 1.30. The number of nitrogens with zero attached hydrogens (tertiary/aromatic N) is 1. The van der Waals surface area contributed by atoms with E-state index in [0.717, 1.165) is 5.56 Å². The van der Waals surface area contributed by atoms with Gasteiger partial charge in [-0.05, 0) is 66.1 Å². The molecular weight excluding hydrogens is 390 g/mol. The summed E-state index contributed by atoms with van der Waals surface area (Å²) in [5.74, 6) is 0. The van der Waals surface area contributed by atoms with Gasteiger partial charge in [0.25, 0.3) is 0 Å². The van der Waals surface area contributed by atoms with E-state index in [0.29, 0.717) is 44.3 Å². The third-order valence-corrected chi connectivity index (χ3v) is 6.54.